The van der Waals surface area contributed by atoms with Crippen molar-refractivity contribution in [2.45, 2.75) is 0 Å². The molecule has 1 aromatic carbocycles. The van der Waals surface area contributed by atoms with E-state index in [2.05, 4.69) is 10.6 Å². The van der Waals surface area contributed by atoms with Crippen molar-refractivity contribution >= 4 is 0 Å². The largest absolute Gasteiger partial charge is 3.00 e. The topological polar surface area (TPSA) is 28.2 Å². The van der Waals surface area contributed by atoms with Gasteiger partial charge >= 0.3 is 22.4 Å². The van der Waals surface area contributed by atoms with Gasteiger partial charge in [-0.25, -0.2) is 12.1 Å². The molecule has 0 spiro atoms. The zero-order chi connectivity index (χ0) is 8.95. The van der Waals surface area contributed by atoms with Gasteiger partial charge in [-0.05, 0) is 0 Å². The first-order chi connectivity index (χ1) is 5.33. The summed E-state index contributed by atoms with van der Waals surface area (Å²) in [7, 11) is 7.00. The van der Waals surface area contributed by atoms with Crippen LogP contribution in [0.2, 0.25) is 0 Å². The molecule has 3 heteroatoms. The van der Waals surface area contributed by atoms with E-state index >= 15 is 0 Å². The summed E-state index contributed by atoms with van der Waals surface area (Å²) in [6.07, 6.45) is 0. The van der Waals surface area contributed by atoms with Crippen LogP contribution in [0.3, 0.4) is 0 Å². The van der Waals surface area contributed by atoms with E-state index < -0.39 is 0 Å². The molecular weight excluding hydrogens is 229 g/mol. The average Bonchev–Trinajstić information content (AvgIpc) is 2.44. The molecule has 0 N–H and O–H groups in total. The van der Waals surface area contributed by atoms with Gasteiger partial charge in [-0.3, -0.25) is 0 Å². The molecule has 1 aromatic rings. The Kier molecular flexibility index (Phi) is 33.6. The van der Waals surface area contributed by atoms with E-state index in [9.17, 15) is 0 Å². The van der Waals surface area contributed by atoms with Gasteiger partial charge in [0.15, 0.2) is 0 Å². The number of hydrogen-bond acceptors (Lipinski definition) is 0. The minimum Gasteiger partial charge on any atom is -0.668 e. The molecule has 0 amide bonds. The minimum absolute atomic E-state index is 0. The Balaban J connectivity index is -0.000000104. The molecule has 0 unspecified atom stereocenters. The van der Waals surface area contributed by atoms with Crippen LogP contribution in [0.5, 0.6) is 0 Å². The third-order valence-electron chi connectivity index (χ3n) is 0.556. The van der Waals surface area contributed by atoms with Gasteiger partial charge in [-0.1, -0.05) is 0 Å². The first kappa shape index (κ1) is 17.9. The van der Waals surface area contributed by atoms with Crippen LogP contribution in [0.25, 0.3) is 10.6 Å². The molecule has 68 valence electrons. The molecule has 1 rings (SSSR count). The normalized spacial score (nSPS) is 6.33. The molecule has 0 aliphatic carbocycles. The molecular formula is C9H17N2Nb. The molecule has 0 saturated carbocycles. The van der Waals surface area contributed by atoms with E-state index in [1.54, 1.807) is 28.2 Å². The summed E-state index contributed by atoms with van der Waals surface area (Å²) in [5.74, 6) is 0. The Bertz CT molecular complexity index is 88.1. The van der Waals surface area contributed by atoms with Crippen molar-refractivity contribution in [3.8, 4) is 0 Å². The Morgan fingerprint density at radius 3 is 1.17 bits per heavy atom. The molecule has 0 radical (unpaired) electrons. The summed E-state index contributed by atoms with van der Waals surface area (Å²) >= 11 is 0. The Hall–Kier alpha value is 0.0103. The standard InChI is InChI=1S/C5H5.2C2H6N.Nb/c1-2-4-5-3-1;2*1-3-2;/h1-5H;2*1-2H3;/q3*-1;+3. The monoisotopic (exact) mass is 246 g/mol. The quantitative estimate of drug-likeness (QED) is 0.497. The predicted octanol–water partition coefficient (Wildman–Crippen LogP) is 2.64. The van der Waals surface area contributed by atoms with Crippen molar-refractivity contribution in [2.24, 2.45) is 0 Å². The van der Waals surface area contributed by atoms with E-state index in [0.29, 0.717) is 0 Å². The van der Waals surface area contributed by atoms with E-state index in [1.807, 2.05) is 30.3 Å². The zero-order valence-corrected chi connectivity index (χ0v) is 10.4. The van der Waals surface area contributed by atoms with Crippen molar-refractivity contribution < 1.29 is 22.4 Å². The fourth-order valence-corrected chi connectivity index (χ4v) is 0.321. The molecule has 0 bridgehead atoms. The summed E-state index contributed by atoms with van der Waals surface area (Å²) < 4.78 is 0. The van der Waals surface area contributed by atoms with Gasteiger partial charge in [0.1, 0.15) is 0 Å². The van der Waals surface area contributed by atoms with Crippen LogP contribution < -0.4 is 0 Å². The maximum atomic E-state index is 3.50. The van der Waals surface area contributed by atoms with E-state index in [1.165, 1.54) is 0 Å². The second-order valence-corrected chi connectivity index (χ2v) is 1.86. The molecule has 12 heavy (non-hydrogen) atoms. The van der Waals surface area contributed by atoms with Gasteiger partial charge in [0, 0.05) is 0 Å². The number of hydrogen-bond donors (Lipinski definition) is 0. The molecule has 0 aliphatic heterocycles. The van der Waals surface area contributed by atoms with E-state index in [0.717, 1.165) is 0 Å². The van der Waals surface area contributed by atoms with Crippen molar-refractivity contribution in [3.05, 3.63) is 41.0 Å². The third-order valence-corrected chi connectivity index (χ3v) is 0.556. The maximum Gasteiger partial charge on any atom is 3.00 e. The minimum atomic E-state index is 0. The molecule has 0 heterocycles. The number of nitrogens with zero attached hydrogens (tertiary/aromatic N) is 2. The smallest absolute Gasteiger partial charge is 0.668 e. The summed E-state index contributed by atoms with van der Waals surface area (Å²) in [6, 6.07) is 10.0. The van der Waals surface area contributed by atoms with E-state index in [4.69, 9.17) is 0 Å². The van der Waals surface area contributed by atoms with Crippen molar-refractivity contribution in [3.63, 3.8) is 0 Å². The fourth-order valence-electron chi connectivity index (χ4n) is 0.321. The maximum absolute atomic E-state index is 3.50. The van der Waals surface area contributed by atoms with Crippen LogP contribution in [0, 0.1) is 0 Å². The van der Waals surface area contributed by atoms with Crippen molar-refractivity contribution in [2.75, 3.05) is 28.2 Å². The van der Waals surface area contributed by atoms with Crippen LogP contribution in [0.4, 0.5) is 0 Å². The molecule has 0 saturated heterocycles. The summed E-state index contributed by atoms with van der Waals surface area (Å²) in [5, 5.41) is 7.00. The fraction of sp³-hybridized carbons (Fsp3) is 0.444. The average molecular weight is 246 g/mol. The third kappa shape index (κ3) is 32.4. The Labute approximate surface area is 91.6 Å². The van der Waals surface area contributed by atoms with Crippen molar-refractivity contribution in [1.29, 1.82) is 0 Å². The number of rotatable bonds is 0. The van der Waals surface area contributed by atoms with Gasteiger partial charge in [-0.2, -0.15) is 46.4 Å². The van der Waals surface area contributed by atoms with Gasteiger partial charge in [-0.15, -0.1) is 0 Å². The van der Waals surface area contributed by atoms with Gasteiger partial charge in [0.05, 0.1) is 0 Å². The van der Waals surface area contributed by atoms with Crippen LogP contribution in [0.15, 0.2) is 30.3 Å². The predicted molar refractivity (Wildman–Crippen MR) is 52.4 cm³/mol. The van der Waals surface area contributed by atoms with Gasteiger partial charge in [0.25, 0.3) is 0 Å². The van der Waals surface area contributed by atoms with Gasteiger partial charge in [0.2, 0.25) is 0 Å². The Morgan fingerprint density at radius 1 is 0.833 bits per heavy atom. The van der Waals surface area contributed by atoms with Crippen LogP contribution in [0.1, 0.15) is 0 Å². The summed E-state index contributed by atoms with van der Waals surface area (Å²) in [5.41, 5.74) is 0. The molecule has 0 aromatic heterocycles. The second-order valence-electron chi connectivity index (χ2n) is 1.86. The van der Waals surface area contributed by atoms with Crippen molar-refractivity contribution in [1.82, 2.24) is 0 Å². The Morgan fingerprint density at radius 2 is 1.08 bits per heavy atom. The van der Waals surface area contributed by atoms with Crippen LogP contribution in [-0.2, 0) is 22.4 Å². The molecule has 0 aliphatic rings. The first-order valence-electron chi connectivity index (χ1n) is 3.46. The molecule has 0 fully saturated rings. The first-order valence-corrected chi connectivity index (χ1v) is 3.46. The molecule has 2 nitrogen and oxygen atoms in total. The van der Waals surface area contributed by atoms with Gasteiger partial charge < -0.3 is 10.6 Å². The summed E-state index contributed by atoms with van der Waals surface area (Å²) in [4.78, 5) is 0. The van der Waals surface area contributed by atoms with E-state index in [-0.39, 0.29) is 22.4 Å². The molecule has 0 atom stereocenters. The second kappa shape index (κ2) is 22.5. The zero-order valence-electron chi connectivity index (χ0n) is 8.23. The summed E-state index contributed by atoms with van der Waals surface area (Å²) in [6.45, 7) is 0. The van der Waals surface area contributed by atoms with Crippen LogP contribution in [-0.4, -0.2) is 28.2 Å². The van der Waals surface area contributed by atoms with Crippen LogP contribution >= 0.6 is 0 Å². The SMILES string of the molecule is C[N-]C.C[N-]C.[Nb+3].c1cc[cH-]c1.